The Hall–Kier alpha value is -1.58. The molecule has 1 aliphatic carbocycles. The molecule has 0 unspecified atom stereocenters. The third kappa shape index (κ3) is 3.73. The van der Waals surface area contributed by atoms with Crippen molar-refractivity contribution >= 4 is 5.96 Å². The van der Waals surface area contributed by atoms with Gasteiger partial charge >= 0.3 is 0 Å². The molecule has 0 heterocycles. The Kier molecular flexibility index (Phi) is 3.96. The minimum absolute atomic E-state index is 0.183. The van der Waals surface area contributed by atoms with Crippen LogP contribution in [0.5, 0.6) is 0 Å². The molecule has 92 valence electrons. The van der Waals surface area contributed by atoms with E-state index in [-0.39, 0.29) is 5.82 Å². The van der Waals surface area contributed by atoms with Crippen LogP contribution < -0.4 is 10.6 Å². The number of nitrogens with zero attached hydrogens (tertiary/aromatic N) is 1. The molecule has 1 fully saturated rings. The fourth-order valence-corrected chi connectivity index (χ4v) is 1.60. The molecule has 1 aliphatic rings. The van der Waals surface area contributed by atoms with Crippen LogP contribution in [0.2, 0.25) is 0 Å². The molecule has 0 aliphatic heterocycles. The lowest BCUT2D eigenvalue weighted by Crippen LogP contribution is -2.38. The van der Waals surface area contributed by atoms with E-state index in [0.29, 0.717) is 12.1 Å². The molecular weight excluding hydrogens is 217 g/mol. The van der Waals surface area contributed by atoms with E-state index in [1.54, 1.807) is 19.2 Å². The van der Waals surface area contributed by atoms with Gasteiger partial charge < -0.3 is 10.6 Å². The maximum Gasteiger partial charge on any atom is 0.191 e. The molecule has 0 aromatic heterocycles. The van der Waals surface area contributed by atoms with Gasteiger partial charge in [-0.1, -0.05) is 18.2 Å². The zero-order valence-electron chi connectivity index (χ0n) is 10.0. The smallest absolute Gasteiger partial charge is 0.191 e. The highest BCUT2D eigenvalue weighted by molar-refractivity contribution is 5.79. The van der Waals surface area contributed by atoms with Gasteiger partial charge in [-0.2, -0.15) is 0 Å². The molecule has 0 atom stereocenters. The number of aliphatic imine (C=N–C) groups is 1. The first kappa shape index (κ1) is 11.9. The van der Waals surface area contributed by atoms with E-state index in [9.17, 15) is 4.39 Å². The van der Waals surface area contributed by atoms with Gasteiger partial charge in [0, 0.05) is 25.7 Å². The van der Waals surface area contributed by atoms with Crippen LogP contribution in [0.1, 0.15) is 18.4 Å². The van der Waals surface area contributed by atoms with E-state index in [1.165, 1.54) is 18.9 Å². The van der Waals surface area contributed by atoms with Crippen molar-refractivity contribution in [1.82, 2.24) is 10.6 Å². The molecule has 0 amide bonds. The Bertz CT molecular complexity index is 399. The van der Waals surface area contributed by atoms with Crippen LogP contribution >= 0.6 is 0 Å². The summed E-state index contributed by atoms with van der Waals surface area (Å²) in [5.41, 5.74) is 0.655. The number of hydrogen-bond acceptors (Lipinski definition) is 1. The summed E-state index contributed by atoms with van der Waals surface area (Å²) < 4.78 is 13.4. The Morgan fingerprint density at radius 1 is 1.35 bits per heavy atom. The predicted octanol–water partition coefficient (Wildman–Crippen LogP) is 1.90. The summed E-state index contributed by atoms with van der Waals surface area (Å²) in [6.45, 7) is 1.41. The summed E-state index contributed by atoms with van der Waals surface area (Å²) in [7, 11) is 1.73. The summed E-state index contributed by atoms with van der Waals surface area (Å²) >= 11 is 0. The van der Waals surface area contributed by atoms with E-state index in [1.807, 2.05) is 6.07 Å². The van der Waals surface area contributed by atoms with E-state index >= 15 is 0 Å². The molecular formula is C13H18FN3. The van der Waals surface area contributed by atoms with Gasteiger partial charge in [0.2, 0.25) is 0 Å². The Balaban J connectivity index is 1.80. The Morgan fingerprint density at radius 3 is 2.76 bits per heavy atom. The van der Waals surface area contributed by atoms with E-state index < -0.39 is 0 Å². The van der Waals surface area contributed by atoms with E-state index in [4.69, 9.17) is 0 Å². The quantitative estimate of drug-likeness (QED) is 0.617. The normalized spacial score (nSPS) is 15.8. The minimum atomic E-state index is -0.183. The first-order valence-electron chi connectivity index (χ1n) is 5.97. The average molecular weight is 235 g/mol. The number of hydrogen-bond donors (Lipinski definition) is 2. The molecule has 2 N–H and O–H groups in total. The molecule has 1 aromatic carbocycles. The van der Waals surface area contributed by atoms with Crippen molar-refractivity contribution in [2.75, 3.05) is 13.6 Å². The highest BCUT2D eigenvalue weighted by Crippen LogP contribution is 2.27. The fraction of sp³-hybridized carbons (Fsp3) is 0.462. The molecule has 0 bridgehead atoms. The first-order valence-corrected chi connectivity index (χ1v) is 5.97. The number of guanidine groups is 1. The van der Waals surface area contributed by atoms with Gasteiger partial charge in [0.25, 0.3) is 0 Å². The van der Waals surface area contributed by atoms with Gasteiger partial charge in [-0.25, -0.2) is 4.39 Å². The number of rotatable bonds is 4. The lowest BCUT2D eigenvalue weighted by Gasteiger charge is -2.11. The van der Waals surface area contributed by atoms with Crippen molar-refractivity contribution in [2.24, 2.45) is 10.9 Å². The topological polar surface area (TPSA) is 36.4 Å². The second-order valence-electron chi connectivity index (χ2n) is 4.34. The second kappa shape index (κ2) is 5.66. The van der Waals surface area contributed by atoms with E-state index in [2.05, 4.69) is 15.6 Å². The summed E-state index contributed by atoms with van der Waals surface area (Å²) in [6.07, 6.45) is 2.61. The van der Waals surface area contributed by atoms with Gasteiger partial charge in [0.1, 0.15) is 5.82 Å². The van der Waals surface area contributed by atoms with Gasteiger partial charge in [-0.05, 0) is 24.8 Å². The SMILES string of the molecule is CN=C(NCc1ccccc1F)NCC1CC1. The van der Waals surface area contributed by atoms with Gasteiger partial charge in [0.05, 0.1) is 0 Å². The summed E-state index contributed by atoms with van der Waals surface area (Å²) in [4.78, 5) is 4.10. The molecule has 17 heavy (non-hydrogen) atoms. The van der Waals surface area contributed by atoms with Gasteiger partial charge in [-0.3, -0.25) is 4.99 Å². The van der Waals surface area contributed by atoms with Crippen molar-refractivity contribution in [1.29, 1.82) is 0 Å². The predicted molar refractivity (Wildman–Crippen MR) is 67.3 cm³/mol. The van der Waals surface area contributed by atoms with Crippen LogP contribution in [0, 0.1) is 11.7 Å². The summed E-state index contributed by atoms with van der Waals surface area (Å²) in [6, 6.07) is 6.77. The molecule has 1 aromatic rings. The van der Waals surface area contributed by atoms with Gasteiger partial charge in [-0.15, -0.1) is 0 Å². The van der Waals surface area contributed by atoms with Crippen LogP contribution in [0.4, 0.5) is 4.39 Å². The maximum absolute atomic E-state index is 13.4. The molecule has 3 nitrogen and oxygen atoms in total. The van der Waals surface area contributed by atoms with Crippen molar-refractivity contribution in [3.05, 3.63) is 35.6 Å². The number of halogens is 1. The van der Waals surface area contributed by atoms with Crippen LogP contribution in [0.3, 0.4) is 0 Å². The summed E-state index contributed by atoms with van der Waals surface area (Å²) in [5.74, 6) is 1.35. The molecule has 0 radical (unpaired) electrons. The van der Waals surface area contributed by atoms with Crippen LogP contribution in [0.25, 0.3) is 0 Å². The van der Waals surface area contributed by atoms with Crippen molar-refractivity contribution in [3.8, 4) is 0 Å². The molecule has 4 heteroatoms. The number of benzene rings is 1. The average Bonchev–Trinajstić information content (AvgIpc) is 3.15. The van der Waals surface area contributed by atoms with Crippen LogP contribution in [-0.2, 0) is 6.54 Å². The zero-order chi connectivity index (χ0) is 12.1. The highest BCUT2D eigenvalue weighted by atomic mass is 19.1. The number of nitrogens with one attached hydrogen (secondary N) is 2. The second-order valence-corrected chi connectivity index (χ2v) is 4.34. The fourth-order valence-electron chi connectivity index (χ4n) is 1.60. The standard InChI is InChI=1S/C13H18FN3/c1-15-13(16-8-10-6-7-10)17-9-11-4-2-3-5-12(11)14/h2-5,10H,6-9H2,1H3,(H2,15,16,17). The Morgan fingerprint density at radius 2 is 2.12 bits per heavy atom. The van der Waals surface area contributed by atoms with E-state index in [0.717, 1.165) is 18.4 Å². The van der Waals surface area contributed by atoms with Crippen molar-refractivity contribution < 1.29 is 4.39 Å². The molecule has 2 rings (SSSR count). The lowest BCUT2D eigenvalue weighted by atomic mass is 10.2. The highest BCUT2D eigenvalue weighted by Gasteiger charge is 2.20. The maximum atomic E-state index is 13.4. The third-order valence-corrected chi connectivity index (χ3v) is 2.88. The largest absolute Gasteiger partial charge is 0.356 e. The Labute approximate surface area is 101 Å². The van der Waals surface area contributed by atoms with Crippen molar-refractivity contribution in [2.45, 2.75) is 19.4 Å². The summed E-state index contributed by atoms with van der Waals surface area (Å²) in [5, 5.41) is 6.35. The molecule has 0 spiro atoms. The zero-order valence-corrected chi connectivity index (χ0v) is 10.0. The van der Waals surface area contributed by atoms with Crippen molar-refractivity contribution in [3.63, 3.8) is 0 Å². The monoisotopic (exact) mass is 235 g/mol. The first-order chi connectivity index (χ1) is 8.29. The minimum Gasteiger partial charge on any atom is -0.356 e. The van der Waals surface area contributed by atoms with Crippen LogP contribution in [-0.4, -0.2) is 19.6 Å². The van der Waals surface area contributed by atoms with Crippen LogP contribution in [0.15, 0.2) is 29.3 Å². The third-order valence-electron chi connectivity index (χ3n) is 2.88. The lowest BCUT2D eigenvalue weighted by molar-refractivity contribution is 0.604. The molecule has 1 saturated carbocycles. The van der Waals surface area contributed by atoms with Gasteiger partial charge in [0.15, 0.2) is 5.96 Å². The molecule has 0 saturated heterocycles.